The van der Waals surface area contributed by atoms with Crippen LogP contribution in [0.2, 0.25) is 0 Å². The fourth-order valence-corrected chi connectivity index (χ4v) is 1.48. The normalized spacial score (nSPS) is 17.3. The molecule has 0 nitrogen and oxygen atoms in total. The summed E-state index contributed by atoms with van der Waals surface area (Å²) in [4.78, 5) is 0. The second-order valence-electron chi connectivity index (χ2n) is 3.16. The Morgan fingerprint density at radius 1 is 1.36 bits per heavy atom. The third kappa shape index (κ3) is 2.42. The smallest absolute Gasteiger partial charge is 0.0299 e. The zero-order chi connectivity index (χ0) is 8.10. The molecule has 0 N–H and O–H groups in total. The lowest BCUT2D eigenvalue weighted by molar-refractivity contribution is 0.819. The van der Waals surface area contributed by atoms with E-state index in [0.29, 0.717) is 0 Å². The summed E-state index contributed by atoms with van der Waals surface area (Å²) in [6.45, 7) is 4.47. The van der Waals surface area contributed by atoms with Crippen molar-refractivity contribution in [3.63, 3.8) is 0 Å². The summed E-state index contributed by atoms with van der Waals surface area (Å²) >= 11 is 0. The third-order valence-corrected chi connectivity index (χ3v) is 2.19. The molecule has 1 aliphatic carbocycles. The highest BCUT2D eigenvalue weighted by Gasteiger charge is 2.02. The minimum atomic E-state index is 1.01. The van der Waals surface area contributed by atoms with Gasteiger partial charge in [0, 0.05) is 12.8 Å². The molecule has 1 rings (SSSR count). The quantitative estimate of drug-likeness (QED) is 0.416. The lowest BCUT2D eigenvalue weighted by Gasteiger charge is -2.05. The van der Waals surface area contributed by atoms with Crippen molar-refractivity contribution in [2.24, 2.45) is 0 Å². The van der Waals surface area contributed by atoms with Crippen molar-refractivity contribution in [1.82, 2.24) is 0 Å². The Labute approximate surface area is 69.7 Å². The largest absolute Gasteiger partial charge is 0.103 e. The highest BCUT2D eigenvalue weighted by molar-refractivity contribution is 5.22. The summed E-state index contributed by atoms with van der Waals surface area (Å²) in [7, 11) is 0. The van der Waals surface area contributed by atoms with Crippen molar-refractivity contribution in [3.05, 3.63) is 11.1 Å². The van der Waals surface area contributed by atoms with E-state index in [4.69, 9.17) is 0 Å². The van der Waals surface area contributed by atoms with Crippen molar-refractivity contribution >= 4 is 0 Å². The van der Waals surface area contributed by atoms with E-state index in [1.165, 1.54) is 24.8 Å². The van der Waals surface area contributed by atoms with Crippen molar-refractivity contribution in [3.8, 4) is 11.8 Å². The Hall–Kier alpha value is -0.700. The summed E-state index contributed by atoms with van der Waals surface area (Å²) < 4.78 is 0. The molecule has 0 atom stereocenters. The van der Waals surface area contributed by atoms with E-state index >= 15 is 0 Å². The van der Waals surface area contributed by atoms with Gasteiger partial charge in [0.1, 0.15) is 0 Å². The van der Waals surface area contributed by atoms with Gasteiger partial charge in [0.25, 0.3) is 0 Å². The standard InChI is InChI=1S/C11H16/c1-3-7-11-9-6-4-5-8-10(11)2/h3,6-9H2,1-2H3. The van der Waals surface area contributed by atoms with Crippen LogP contribution < -0.4 is 0 Å². The first-order chi connectivity index (χ1) is 5.34. The maximum absolute atomic E-state index is 3.18. The third-order valence-electron chi connectivity index (χ3n) is 2.19. The first-order valence-electron chi connectivity index (χ1n) is 4.47. The molecule has 0 heteroatoms. The fraction of sp³-hybridized carbons (Fsp3) is 0.636. The van der Waals surface area contributed by atoms with E-state index in [1.54, 1.807) is 5.57 Å². The topological polar surface area (TPSA) is 0 Å². The molecule has 11 heavy (non-hydrogen) atoms. The van der Waals surface area contributed by atoms with Crippen LogP contribution in [0.4, 0.5) is 0 Å². The van der Waals surface area contributed by atoms with Crippen molar-refractivity contribution in [2.75, 3.05) is 0 Å². The molecular formula is C11H16. The second kappa shape index (κ2) is 4.23. The van der Waals surface area contributed by atoms with Crippen LogP contribution in [0.3, 0.4) is 0 Å². The number of allylic oxidation sites excluding steroid dienone is 2. The molecule has 60 valence electrons. The molecule has 0 heterocycles. The molecular weight excluding hydrogens is 132 g/mol. The number of hydrogen-bond donors (Lipinski definition) is 0. The van der Waals surface area contributed by atoms with Crippen LogP contribution in [-0.4, -0.2) is 0 Å². The lowest BCUT2D eigenvalue weighted by Crippen LogP contribution is -1.86. The average Bonchev–Trinajstić information content (AvgIpc) is 2.18. The molecule has 0 saturated heterocycles. The second-order valence-corrected chi connectivity index (χ2v) is 3.16. The molecule has 0 saturated carbocycles. The Morgan fingerprint density at radius 3 is 2.91 bits per heavy atom. The Balaban J connectivity index is 2.62. The van der Waals surface area contributed by atoms with E-state index in [-0.39, 0.29) is 0 Å². The van der Waals surface area contributed by atoms with E-state index in [0.717, 1.165) is 12.8 Å². The van der Waals surface area contributed by atoms with Gasteiger partial charge in [-0.15, -0.1) is 5.92 Å². The molecule has 0 bridgehead atoms. The van der Waals surface area contributed by atoms with Crippen LogP contribution in [0.5, 0.6) is 0 Å². The molecule has 0 aliphatic heterocycles. The van der Waals surface area contributed by atoms with Crippen molar-refractivity contribution in [1.29, 1.82) is 0 Å². The first kappa shape index (κ1) is 8.40. The van der Waals surface area contributed by atoms with Gasteiger partial charge in [-0.2, -0.15) is 0 Å². The van der Waals surface area contributed by atoms with Gasteiger partial charge in [-0.3, -0.25) is 0 Å². The molecule has 0 radical (unpaired) electrons. The molecule has 0 aromatic carbocycles. The Kier molecular flexibility index (Phi) is 3.23. The molecule has 0 aromatic rings. The van der Waals surface area contributed by atoms with Gasteiger partial charge in [0.2, 0.25) is 0 Å². The minimum Gasteiger partial charge on any atom is -0.103 e. The maximum atomic E-state index is 3.18. The van der Waals surface area contributed by atoms with Gasteiger partial charge in [-0.05, 0) is 19.8 Å². The lowest BCUT2D eigenvalue weighted by atomic mass is 10.0. The summed E-state index contributed by atoms with van der Waals surface area (Å²) in [5, 5.41) is 0. The highest BCUT2D eigenvalue weighted by atomic mass is 14.1. The van der Waals surface area contributed by atoms with Gasteiger partial charge < -0.3 is 0 Å². The van der Waals surface area contributed by atoms with Crippen LogP contribution in [0.1, 0.15) is 46.0 Å². The van der Waals surface area contributed by atoms with Crippen LogP contribution in [0.15, 0.2) is 11.1 Å². The summed E-state index contributed by atoms with van der Waals surface area (Å²) in [5.41, 5.74) is 3.17. The first-order valence-corrected chi connectivity index (χ1v) is 4.47. The minimum absolute atomic E-state index is 1.01. The van der Waals surface area contributed by atoms with E-state index in [2.05, 4.69) is 25.7 Å². The molecule has 0 unspecified atom stereocenters. The van der Waals surface area contributed by atoms with Crippen LogP contribution >= 0.6 is 0 Å². The van der Waals surface area contributed by atoms with E-state index < -0.39 is 0 Å². The maximum Gasteiger partial charge on any atom is 0.0299 e. The number of rotatable bonds is 2. The summed E-state index contributed by atoms with van der Waals surface area (Å²) in [6.07, 6.45) is 5.84. The fourth-order valence-electron chi connectivity index (χ4n) is 1.48. The molecule has 0 amide bonds. The highest BCUT2D eigenvalue weighted by Crippen LogP contribution is 2.20. The van der Waals surface area contributed by atoms with Gasteiger partial charge >= 0.3 is 0 Å². The van der Waals surface area contributed by atoms with Gasteiger partial charge in [0.15, 0.2) is 0 Å². The van der Waals surface area contributed by atoms with Gasteiger partial charge in [0.05, 0.1) is 0 Å². The van der Waals surface area contributed by atoms with Gasteiger partial charge in [-0.25, -0.2) is 0 Å². The Morgan fingerprint density at radius 2 is 2.18 bits per heavy atom. The molecule has 0 aromatic heterocycles. The van der Waals surface area contributed by atoms with E-state index in [1.807, 2.05) is 0 Å². The Bertz CT molecular complexity index is 210. The monoisotopic (exact) mass is 148 g/mol. The zero-order valence-corrected chi connectivity index (χ0v) is 7.54. The zero-order valence-electron chi connectivity index (χ0n) is 7.54. The van der Waals surface area contributed by atoms with Crippen LogP contribution in [0, 0.1) is 11.8 Å². The molecule has 0 fully saturated rings. The predicted molar refractivity (Wildman–Crippen MR) is 49.2 cm³/mol. The summed E-state index contributed by atoms with van der Waals surface area (Å²) in [5.74, 6) is 6.35. The predicted octanol–water partition coefficient (Wildman–Crippen LogP) is 3.29. The van der Waals surface area contributed by atoms with Gasteiger partial charge in [-0.1, -0.05) is 30.4 Å². The van der Waals surface area contributed by atoms with Crippen LogP contribution in [-0.2, 0) is 0 Å². The molecule has 1 aliphatic rings. The number of hydrogen-bond acceptors (Lipinski definition) is 0. The summed E-state index contributed by atoms with van der Waals surface area (Å²) in [6, 6.07) is 0. The van der Waals surface area contributed by atoms with E-state index in [9.17, 15) is 0 Å². The molecule has 0 spiro atoms. The van der Waals surface area contributed by atoms with Crippen LogP contribution in [0.25, 0.3) is 0 Å². The SMILES string of the molecule is CCCC1=C(C)CC#CCC1. The average molecular weight is 148 g/mol. The van der Waals surface area contributed by atoms with Crippen molar-refractivity contribution in [2.45, 2.75) is 46.0 Å². The van der Waals surface area contributed by atoms with Crippen molar-refractivity contribution < 1.29 is 0 Å².